The Labute approximate surface area is 211 Å². The zero-order valence-corrected chi connectivity index (χ0v) is 21.1. The van der Waals surface area contributed by atoms with E-state index in [-0.39, 0.29) is 5.41 Å². The van der Waals surface area contributed by atoms with Gasteiger partial charge in [0.15, 0.2) is 0 Å². The van der Waals surface area contributed by atoms with Gasteiger partial charge < -0.3 is 9.47 Å². The molecule has 0 amide bonds. The molecule has 2 heterocycles. The van der Waals surface area contributed by atoms with E-state index >= 15 is 0 Å². The topological polar surface area (TPSA) is 21.7 Å². The first-order chi connectivity index (χ1) is 17.3. The second kappa shape index (κ2) is 12.2. The molecule has 0 N–H and O–H groups in total. The zero-order chi connectivity index (χ0) is 23.8. The Kier molecular flexibility index (Phi) is 8.51. The third-order valence-corrected chi connectivity index (χ3v) is 8.29. The summed E-state index contributed by atoms with van der Waals surface area (Å²) in [5.41, 5.74) is 4.22. The molecule has 5 rings (SSSR count). The van der Waals surface area contributed by atoms with Crippen molar-refractivity contribution in [2.75, 3.05) is 26.3 Å². The molecule has 2 bridgehead atoms. The normalized spacial score (nSPS) is 26.8. The maximum atomic E-state index is 6.48. The highest BCUT2D eigenvalue weighted by Gasteiger charge is 2.49. The third kappa shape index (κ3) is 6.33. The van der Waals surface area contributed by atoms with Gasteiger partial charge in [-0.05, 0) is 68.5 Å². The molecular weight excluding hydrogens is 430 g/mol. The second-order valence-corrected chi connectivity index (χ2v) is 10.8. The Morgan fingerprint density at radius 3 is 2.20 bits per heavy atom. The summed E-state index contributed by atoms with van der Waals surface area (Å²) in [7, 11) is 0. The van der Waals surface area contributed by atoms with E-state index in [2.05, 4.69) is 83.8 Å². The molecule has 186 valence electrons. The highest BCUT2D eigenvalue weighted by atomic mass is 16.5. The molecule has 2 aromatic rings. The molecule has 2 aromatic carbocycles. The molecule has 0 aromatic heterocycles. The van der Waals surface area contributed by atoms with Crippen molar-refractivity contribution >= 4 is 0 Å². The van der Waals surface area contributed by atoms with Crippen molar-refractivity contribution in [2.24, 2.45) is 11.3 Å². The van der Waals surface area contributed by atoms with Crippen LogP contribution in [0.25, 0.3) is 0 Å². The molecule has 0 spiro atoms. The van der Waals surface area contributed by atoms with Crippen LogP contribution in [0.15, 0.2) is 84.5 Å². The summed E-state index contributed by atoms with van der Waals surface area (Å²) in [6.45, 7) is 5.15. The lowest BCUT2D eigenvalue weighted by atomic mass is 9.63. The first-order valence-corrected chi connectivity index (χ1v) is 13.6. The van der Waals surface area contributed by atoms with Crippen LogP contribution >= 0.6 is 0 Å². The zero-order valence-electron chi connectivity index (χ0n) is 21.1. The van der Waals surface area contributed by atoms with E-state index in [1.165, 1.54) is 56.2 Å². The lowest BCUT2D eigenvalue weighted by Gasteiger charge is -2.55. The van der Waals surface area contributed by atoms with Gasteiger partial charge >= 0.3 is 0 Å². The quantitative estimate of drug-likeness (QED) is 0.389. The van der Waals surface area contributed by atoms with Crippen LogP contribution in [-0.2, 0) is 22.7 Å². The molecule has 2 fully saturated rings. The van der Waals surface area contributed by atoms with Gasteiger partial charge in [-0.15, -0.1) is 0 Å². The fraction of sp³-hybridized carbons (Fsp3) is 0.500. The van der Waals surface area contributed by atoms with Gasteiger partial charge in [0.05, 0.1) is 26.4 Å². The first-order valence-electron chi connectivity index (χ1n) is 13.6. The molecular formula is C32H41NO2. The standard InChI is InChI=1S/C32H41NO2/c1-2-4-12-20-33-24-32(25-34-22-27-13-7-5-8-14-27,26-35-23-28-15-9-6-10-16-28)30-19-18-29(17-11-3-1)31(33)21-30/h1,3,5-10,13-17,30-31H,2,4,11-12,18-26H2/b3-1-,29-17-. The van der Waals surface area contributed by atoms with E-state index in [0.717, 1.165) is 26.2 Å². The van der Waals surface area contributed by atoms with E-state index in [4.69, 9.17) is 9.47 Å². The van der Waals surface area contributed by atoms with Gasteiger partial charge in [0, 0.05) is 18.0 Å². The second-order valence-electron chi connectivity index (χ2n) is 10.8. The monoisotopic (exact) mass is 471 g/mol. The van der Waals surface area contributed by atoms with Crippen molar-refractivity contribution in [1.29, 1.82) is 0 Å². The van der Waals surface area contributed by atoms with Crippen LogP contribution < -0.4 is 0 Å². The summed E-state index contributed by atoms with van der Waals surface area (Å²) in [6, 6.07) is 21.8. The number of hydrogen-bond donors (Lipinski definition) is 0. The molecule has 1 aliphatic carbocycles. The van der Waals surface area contributed by atoms with E-state index in [9.17, 15) is 0 Å². The predicted molar refractivity (Wildman–Crippen MR) is 143 cm³/mol. The third-order valence-electron chi connectivity index (χ3n) is 8.29. The Balaban J connectivity index is 1.33. The minimum atomic E-state index is 0.0457. The minimum absolute atomic E-state index is 0.0457. The van der Waals surface area contributed by atoms with Gasteiger partial charge in [-0.3, -0.25) is 4.90 Å². The summed E-state index contributed by atoms with van der Waals surface area (Å²) in [6.07, 6.45) is 15.8. The van der Waals surface area contributed by atoms with Gasteiger partial charge in [0.1, 0.15) is 0 Å². The lowest BCUT2D eigenvalue weighted by molar-refractivity contribution is -0.119. The van der Waals surface area contributed by atoms with Crippen molar-refractivity contribution in [3.63, 3.8) is 0 Å². The summed E-state index contributed by atoms with van der Waals surface area (Å²) in [5, 5.41) is 0. The number of nitrogens with zero attached hydrogens (tertiary/aromatic N) is 1. The highest BCUT2D eigenvalue weighted by Crippen LogP contribution is 2.48. The number of hydrogen-bond acceptors (Lipinski definition) is 3. The van der Waals surface area contributed by atoms with E-state index in [1.807, 2.05) is 0 Å². The van der Waals surface area contributed by atoms with Gasteiger partial charge in [0.2, 0.25) is 0 Å². The maximum Gasteiger partial charge on any atom is 0.0717 e. The van der Waals surface area contributed by atoms with Crippen LogP contribution in [0.2, 0.25) is 0 Å². The minimum Gasteiger partial charge on any atom is -0.376 e. The molecule has 3 heteroatoms. The fourth-order valence-corrected chi connectivity index (χ4v) is 6.37. The first kappa shape index (κ1) is 24.5. The molecule has 3 aliphatic rings. The fourth-order valence-electron chi connectivity index (χ4n) is 6.37. The van der Waals surface area contributed by atoms with Crippen LogP contribution in [-0.4, -0.2) is 37.2 Å². The van der Waals surface area contributed by atoms with Crippen molar-refractivity contribution in [2.45, 2.75) is 64.2 Å². The molecule has 3 nitrogen and oxygen atoms in total. The SMILES string of the molecule is C1=C\CCCCN2CC(COCc3ccccc3)(COCc3ccccc3)C3CC/C(=C/C/1)C2C3. The van der Waals surface area contributed by atoms with Crippen molar-refractivity contribution in [3.8, 4) is 0 Å². The van der Waals surface area contributed by atoms with Crippen molar-refractivity contribution < 1.29 is 9.47 Å². The average molecular weight is 472 g/mol. The molecule has 2 unspecified atom stereocenters. The average Bonchev–Trinajstić information content (AvgIpc) is 2.94. The maximum absolute atomic E-state index is 6.48. The van der Waals surface area contributed by atoms with Crippen LogP contribution in [0.1, 0.15) is 56.1 Å². The summed E-state index contributed by atoms with van der Waals surface area (Å²) < 4.78 is 13.0. The Hall–Kier alpha value is -2.20. The van der Waals surface area contributed by atoms with Crippen LogP contribution in [0.5, 0.6) is 0 Å². The summed E-state index contributed by atoms with van der Waals surface area (Å²) >= 11 is 0. The number of piperidine rings is 1. The van der Waals surface area contributed by atoms with Crippen molar-refractivity contribution in [1.82, 2.24) is 4.90 Å². The van der Waals surface area contributed by atoms with Crippen LogP contribution in [0, 0.1) is 11.3 Å². The van der Waals surface area contributed by atoms with Crippen LogP contribution in [0.4, 0.5) is 0 Å². The molecule has 2 aliphatic heterocycles. The van der Waals surface area contributed by atoms with Gasteiger partial charge in [-0.1, -0.05) is 84.5 Å². The molecule has 1 saturated heterocycles. The Bertz CT molecular complexity index is 922. The predicted octanol–water partition coefficient (Wildman–Crippen LogP) is 6.95. The molecule has 2 atom stereocenters. The summed E-state index contributed by atoms with van der Waals surface area (Å²) in [4.78, 5) is 2.80. The van der Waals surface area contributed by atoms with E-state index in [0.29, 0.717) is 25.2 Å². The molecule has 1 saturated carbocycles. The Morgan fingerprint density at radius 1 is 0.829 bits per heavy atom. The highest BCUT2D eigenvalue weighted by molar-refractivity contribution is 5.21. The number of ether oxygens (including phenoxy) is 2. The molecule has 35 heavy (non-hydrogen) atoms. The summed E-state index contributed by atoms with van der Waals surface area (Å²) in [5.74, 6) is 0.646. The smallest absolute Gasteiger partial charge is 0.0717 e. The van der Waals surface area contributed by atoms with E-state index in [1.54, 1.807) is 5.57 Å². The number of benzene rings is 2. The van der Waals surface area contributed by atoms with Gasteiger partial charge in [0.25, 0.3) is 0 Å². The number of allylic oxidation sites excluding steroid dienone is 3. The largest absolute Gasteiger partial charge is 0.376 e. The number of rotatable bonds is 8. The Morgan fingerprint density at radius 2 is 1.51 bits per heavy atom. The van der Waals surface area contributed by atoms with Crippen LogP contribution in [0.3, 0.4) is 0 Å². The number of fused-ring (bicyclic) bond motifs is 1. The van der Waals surface area contributed by atoms with Crippen molar-refractivity contribution in [3.05, 3.63) is 95.6 Å². The van der Waals surface area contributed by atoms with Gasteiger partial charge in [-0.2, -0.15) is 0 Å². The van der Waals surface area contributed by atoms with E-state index < -0.39 is 0 Å². The van der Waals surface area contributed by atoms with Gasteiger partial charge in [-0.25, -0.2) is 0 Å². The molecule has 0 radical (unpaired) electrons. The lowest BCUT2D eigenvalue weighted by Crippen LogP contribution is -2.59.